The Bertz CT molecular complexity index is 372. The molecule has 0 unspecified atom stereocenters. The van der Waals surface area contributed by atoms with Gasteiger partial charge in [0.2, 0.25) is 0 Å². The van der Waals surface area contributed by atoms with Gasteiger partial charge in [0.15, 0.2) is 10.9 Å². The maximum Gasteiger partial charge on any atom is 0.166 e. The molecule has 0 radical (unpaired) electrons. The Hall–Kier alpha value is -1.10. The standard InChI is InChI=1S/C12H19N3OS/c1-9-7-11(16-15-9)8-13-12(17)14-10-5-3-2-4-6-10/h7,10H,2-6,8H2,1H3,(H2,13,14,17). The van der Waals surface area contributed by atoms with Gasteiger partial charge in [-0.2, -0.15) is 0 Å². The normalized spacial score (nSPS) is 16.8. The van der Waals surface area contributed by atoms with Gasteiger partial charge in [-0.05, 0) is 32.0 Å². The van der Waals surface area contributed by atoms with E-state index >= 15 is 0 Å². The first-order valence-corrected chi connectivity index (χ1v) is 6.61. The fourth-order valence-corrected chi connectivity index (χ4v) is 2.39. The minimum Gasteiger partial charge on any atom is -0.360 e. The van der Waals surface area contributed by atoms with E-state index in [-0.39, 0.29) is 0 Å². The molecule has 1 aliphatic carbocycles. The van der Waals surface area contributed by atoms with Crippen LogP contribution in [0.4, 0.5) is 0 Å². The molecule has 1 heterocycles. The summed E-state index contributed by atoms with van der Waals surface area (Å²) in [6.45, 7) is 2.50. The highest BCUT2D eigenvalue weighted by Crippen LogP contribution is 2.17. The van der Waals surface area contributed by atoms with Gasteiger partial charge in [0.05, 0.1) is 12.2 Å². The van der Waals surface area contributed by atoms with Gasteiger partial charge in [0.25, 0.3) is 0 Å². The van der Waals surface area contributed by atoms with Gasteiger partial charge in [0.1, 0.15) is 0 Å². The van der Waals surface area contributed by atoms with Crippen molar-refractivity contribution >= 4 is 17.3 Å². The van der Waals surface area contributed by atoms with E-state index in [4.69, 9.17) is 16.7 Å². The predicted octanol–water partition coefficient (Wildman–Crippen LogP) is 2.28. The lowest BCUT2D eigenvalue weighted by Crippen LogP contribution is -2.42. The molecule has 0 atom stereocenters. The van der Waals surface area contributed by atoms with Crippen molar-refractivity contribution in [1.29, 1.82) is 0 Å². The fourth-order valence-electron chi connectivity index (χ4n) is 2.15. The summed E-state index contributed by atoms with van der Waals surface area (Å²) in [5.41, 5.74) is 0.896. The molecule has 4 nitrogen and oxygen atoms in total. The number of nitrogens with zero attached hydrogens (tertiary/aromatic N) is 1. The van der Waals surface area contributed by atoms with Crippen molar-refractivity contribution in [3.8, 4) is 0 Å². The summed E-state index contributed by atoms with van der Waals surface area (Å²) in [4.78, 5) is 0. The van der Waals surface area contributed by atoms with E-state index in [9.17, 15) is 0 Å². The monoisotopic (exact) mass is 253 g/mol. The Morgan fingerprint density at radius 3 is 2.88 bits per heavy atom. The lowest BCUT2D eigenvalue weighted by atomic mass is 9.96. The van der Waals surface area contributed by atoms with Gasteiger partial charge in [0, 0.05) is 12.1 Å². The maximum atomic E-state index is 5.26. The molecule has 1 fully saturated rings. The van der Waals surface area contributed by atoms with Gasteiger partial charge in [-0.3, -0.25) is 0 Å². The van der Waals surface area contributed by atoms with Crippen LogP contribution in [-0.2, 0) is 6.54 Å². The molecule has 1 aromatic heterocycles. The molecular weight excluding hydrogens is 234 g/mol. The van der Waals surface area contributed by atoms with Gasteiger partial charge in [-0.1, -0.05) is 24.4 Å². The first-order chi connectivity index (χ1) is 8.24. The maximum absolute atomic E-state index is 5.26. The number of aryl methyl sites for hydroxylation is 1. The third-order valence-electron chi connectivity index (χ3n) is 3.04. The first-order valence-electron chi connectivity index (χ1n) is 6.20. The van der Waals surface area contributed by atoms with Crippen LogP contribution in [0.1, 0.15) is 43.6 Å². The molecule has 1 saturated carbocycles. The molecule has 0 aliphatic heterocycles. The van der Waals surface area contributed by atoms with Gasteiger partial charge in [-0.15, -0.1) is 0 Å². The van der Waals surface area contributed by atoms with Crippen molar-refractivity contribution in [3.05, 3.63) is 17.5 Å². The molecular formula is C12H19N3OS. The highest BCUT2D eigenvalue weighted by molar-refractivity contribution is 7.80. The summed E-state index contributed by atoms with van der Waals surface area (Å²) in [6.07, 6.45) is 6.42. The molecule has 0 aromatic carbocycles. The zero-order valence-electron chi connectivity index (χ0n) is 10.2. The second kappa shape index (κ2) is 6.00. The largest absolute Gasteiger partial charge is 0.360 e. The summed E-state index contributed by atoms with van der Waals surface area (Å²) in [5.74, 6) is 0.815. The van der Waals surface area contributed by atoms with Crippen LogP contribution in [0.3, 0.4) is 0 Å². The van der Waals surface area contributed by atoms with Crippen molar-refractivity contribution < 1.29 is 4.52 Å². The van der Waals surface area contributed by atoms with Crippen LogP contribution in [0.5, 0.6) is 0 Å². The third kappa shape index (κ3) is 4.00. The highest BCUT2D eigenvalue weighted by Gasteiger charge is 2.13. The van der Waals surface area contributed by atoms with Crippen LogP contribution in [-0.4, -0.2) is 16.3 Å². The van der Waals surface area contributed by atoms with E-state index in [1.807, 2.05) is 13.0 Å². The molecule has 0 spiro atoms. The Morgan fingerprint density at radius 1 is 1.47 bits per heavy atom. The van der Waals surface area contributed by atoms with Crippen LogP contribution in [0.25, 0.3) is 0 Å². The summed E-state index contributed by atoms with van der Waals surface area (Å²) >= 11 is 5.26. The topological polar surface area (TPSA) is 50.1 Å². The Labute approximate surface area is 107 Å². The minimum atomic E-state index is 0.542. The number of hydrogen-bond acceptors (Lipinski definition) is 3. The highest BCUT2D eigenvalue weighted by atomic mass is 32.1. The molecule has 2 N–H and O–H groups in total. The molecule has 1 aliphatic rings. The molecule has 2 rings (SSSR count). The zero-order chi connectivity index (χ0) is 12.1. The lowest BCUT2D eigenvalue weighted by Gasteiger charge is -2.24. The van der Waals surface area contributed by atoms with E-state index in [0.29, 0.717) is 17.7 Å². The molecule has 0 amide bonds. The molecule has 0 saturated heterocycles. The number of aromatic nitrogens is 1. The van der Waals surface area contributed by atoms with Gasteiger partial charge in [-0.25, -0.2) is 0 Å². The Balaban J connectivity index is 1.70. The van der Waals surface area contributed by atoms with Crippen molar-refractivity contribution in [1.82, 2.24) is 15.8 Å². The van der Waals surface area contributed by atoms with E-state index in [1.54, 1.807) is 0 Å². The molecule has 94 valence electrons. The summed E-state index contributed by atoms with van der Waals surface area (Å²) in [6, 6.07) is 2.45. The van der Waals surface area contributed by atoms with E-state index < -0.39 is 0 Å². The number of hydrogen-bond donors (Lipinski definition) is 2. The van der Waals surface area contributed by atoms with Crippen LogP contribution >= 0.6 is 12.2 Å². The van der Waals surface area contributed by atoms with Crippen LogP contribution in [0, 0.1) is 6.92 Å². The van der Waals surface area contributed by atoms with Crippen molar-refractivity contribution in [2.75, 3.05) is 0 Å². The smallest absolute Gasteiger partial charge is 0.166 e. The molecule has 5 heteroatoms. The number of rotatable bonds is 3. The van der Waals surface area contributed by atoms with Crippen LogP contribution < -0.4 is 10.6 Å². The van der Waals surface area contributed by atoms with Gasteiger partial charge >= 0.3 is 0 Å². The second-order valence-corrected chi connectivity index (χ2v) is 5.00. The fraction of sp³-hybridized carbons (Fsp3) is 0.667. The number of nitrogens with one attached hydrogen (secondary N) is 2. The average molecular weight is 253 g/mol. The van der Waals surface area contributed by atoms with Crippen LogP contribution in [0.2, 0.25) is 0 Å². The van der Waals surface area contributed by atoms with Crippen molar-refractivity contribution in [3.63, 3.8) is 0 Å². The molecule has 0 bridgehead atoms. The van der Waals surface area contributed by atoms with Crippen LogP contribution in [0.15, 0.2) is 10.6 Å². The Kier molecular flexibility index (Phi) is 4.36. The predicted molar refractivity (Wildman–Crippen MR) is 70.7 cm³/mol. The van der Waals surface area contributed by atoms with Gasteiger partial charge < -0.3 is 15.2 Å². The molecule has 17 heavy (non-hydrogen) atoms. The first kappa shape index (κ1) is 12.4. The SMILES string of the molecule is Cc1cc(CNC(=S)NC2CCCCC2)on1. The Morgan fingerprint density at radius 2 is 2.24 bits per heavy atom. The van der Waals surface area contributed by atoms with Crippen molar-refractivity contribution in [2.45, 2.75) is 51.6 Å². The third-order valence-corrected chi connectivity index (χ3v) is 3.30. The van der Waals surface area contributed by atoms with Crippen molar-refractivity contribution in [2.24, 2.45) is 0 Å². The zero-order valence-corrected chi connectivity index (χ0v) is 11.0. The summed E-state index contributed by atoms with van der Waals surface area (Å²) in [5, 5.41) is 11.0. The lowest BCUT2D eigenvalue weighted by molar-refractivity contribution is 0.375. The van der Waals surface area contributed by atoms with E-state index in [2.05, 4.69) is 15.8 Å². The quantitative estimate of drug-likeness (QED) is 0.809. The van der Waals surface area contributed by atoms with E-state index in [0.717, 1.165) is 11.5 Å². The number of thiocarbonyl (C=S) groups is 1. The molecule has 1 aromatic rings. The summed E-state index contributed by atoms with van der Waals surface area (Å²) < 4.78 is 5.10. The minimum absolute atomic E-state index is 0.542. The van der Waals surface area contributed by atoms with E-state index in [1.165, 1.54) is 32.1 Å². The average Bonchev–Trinajstić information content (AvgIpc) is 2.74. The second-order valence-electron chi connectivity index (χ2n) is 4.60. The summed E-state index contributed by atoms with van der Waals surface area (Å²) in [7, 11) is 0.